The normalized spacial score (nSPS) is 11.8. The van der Waals surface area contributed by atoms with E-state index in [4.69, 9.17) is 10.9 Å². The molecule has 0 fully saturated rings. The topological polar surface area (TPSA) is 65.0 Å². The van der Waals surface area contributed by atoms with Gasteiger partial charge in [-0.3, -0.25) is 5.41 Å². The average Bonchev–Trinajstić information content (AvgIpc) is 3.00. The molecule has 0 spiro atoms. The summed E-state index contributed by atoms with van der Waals surface area (Å²) >= 11 is 0. The zero-order chi connectivity index (χ0) is 19.9. The van der Waals surface area contributed by atoms with Crippen LogP contribution in [-0.2, 0) is 12.7 Å². The quantitative estimate of drug-likeness (QED) is 0.241. The lowest BCUT2D eigenvalue weighted by Crippen LogP contribution is -2.05. The van der Waals surface area contributed by atoms with Gasteiger partial charge in [0, 0.05) is 33.9 Å². The first kappa shape index (κ1) is 17.9. The highest BCUT2D eigenvalue weighted by atomic mass is 19.4. The lowest BCUT2D eigenvalue weighted by Gasteiger charge is -2.10. The minimum Gasteiger partial charge on any atom is -0.336 e. The molecular weight excluding hydrogens is 365 g/mol. The standard InChI is InChI=1S/C21H15F3N4/c22-21(23,24)15-8-5-13(6-9-15)12-28-18-4-2-1-3-16(18)17-11-14(20(25)27-26)7-10-19(17)28/h1-11,25-26H,12H2. The number of rotatable bonds is 3. The molecule has 1 heterocycles. The monoisotopic (exact) mass is 380 g/mol. The molecule has 4 aromatic rings. The second-order valence-electron chi connectivity index (χ2n) is 6.49. The Labute approximate surface area is 158 Å². The highest BCUT2D eigenvalue weighted by Gasteiger charge is 2.29. The lowest BCUT2D eigenvalue weighted by atomic mass is 10.1. The van der Waals surface area contributed by atoms with Crippen LogP contribution in [0.1, 0.15) is 16.7 Å². The molecule has 0 atom stereocenters. The lowest BCUT2D eigenvalue weighted by molar-refractivity contribution is -0.137. The summed E-state index contributed by atoms with van der Waals surface area (Å²) in [5.74, 6) is -0.124. The van der Waals surface area contributed by atoms with Crippen molar-refractivity contribution in [2.24, 2.45) is 5.11 Å². The molecule has 0 saturated carbocycles. The Morgan fingerprint density at radius 1 is 0.893 bits per heavy atom. The van der Waals surface area contributed by atoms with Crippen LogP contribution < -0.4 is 0 Å². The summed E-state index contributed by atoms with van der Waals surface area (Å²) in [6.45, 7) is 0.418. The number of nitrogens with one attached hydrogen (secondary N) is 2. The maximum absolute atomic E-state index is 12.8. The Morgan fingerprint density at radius 3 is 2.25 bits per heavy atom. The van der Waals surface area contributed by atoms with Gasteiger partial charge in [-0.05, 0) is 42.0 Å². The predicted octanol–water partition coefficient (Wildman–Crippen LogP) is 6.22. The maximum atomic E-state index is 12.8. The summed E-state index contributed by atoms with van der Waals surface area (Å²) in [6.07, 6.45) is -4.35. The zero-order valence-electron chi connectivity index (χ0n) is 14.6. The van der Waals surface area contributed by atoms with Crippen LogP contribution in [0.2, 0.25) is 0 Å². The van der Waals surface area contributed by atoms with Crippen molar-refractivity contribution in [3.8, 4) is 0 Å². The Hall–Kier alpha value is -3.48. The van der Waals surface area contributed by atoms with Gasteiger partial charge in [0.1, 0.15) is 0 Å². The summed E-state index contributed by atoms with van der Waals surface area (Å²) in [5.41, 5.74) is 9.53. The number of amidine groups is 1. The van der Waals surface area contributed by atoms with Crippen molar-refractivity contribution in [3.05, 3.63) is 83.4 Å². The van der Waals surface area contributed by atoms with Gasteiger partial charge in [-0.1, -0.05) is 30.3 Å². The van der Waals surface area contributed by atoms with Gasteiger partial charge >= 0.3 is 6.18 Å². The third kappa shape index (κ3) is 3.05. The van der Waals surface area contributed by atoms with Crippen molar-refractivity contribution in [1.82, 2.24) is 4.57 Å². The molecule has 0 aliphatic heterocycles. The van der Waals surface area contributed by atoms with Gasteiger partial charge in [0.25, 0.3) is 0 Å². The second kappa shape index (κ2) is 6.60. The van der Waals surface area contributed by atoms with Gasteiger partial charge in [0.15, 0.2) is 5.84 Å². The molecule has 7 heteroatoms. The highest BCUT2D eigenvalue weighted by molar-refractivity contribution is 6.11. The van der Waals surface area contributed by atoms with Crippen molar-refractivity contribution in [2.45, 2.75) is 12.7 Å². The number of hydrogen-bond donors (Lipinski definition) is 2. The van der Waals surface area contributed by atoms with E-state index in [9.17, 15) is 13.2 Å². The van der Waals surface area contributed by atoms with Crippen molar-refractivity contribution < 1.29 is 13.2 Å². The molecule has 0 saturated heterocycles. The first-order valence-electron chi connectivity index (χ1n) is 8.52. The molecule has 4 nitrogen and oxygen atoms in total. The smallest absolute Gasteiger partial charge is 0.336 e. The van der Waals surface area contributed by atoms with Crippen LogP contribution in [0.15, 0.2) is 71.8 Å². The molecule has 0 aliphatic rings. The Balaban J connectivity index is 1.84. The predicted molar refractivity (Wildman–Crippen MR) is 102 cm³/mol. The molecule has 0 unspecified atom stereocenters. The summed E-state index contributed by atoms with van der Waals surface area (Å²) in [7, 11) is 0. The van der Waals surface area contributed by atoms with Crippen molar-refractivity contribution in [1.29, 1.82) is 10.9 Å². The van der Waals surface area contributed by atoms with E-state index in [0.717, 1.165) is 39.5 Å². The SMILES string of the molecule is N=NC(=N)c1ccc2c(c1)c1ccccc1n2Cc1ccc(C(F)(F)F)cc1. The zero-order valence-corrected chi connectivity index (χ0v) is 14.6. The first-order chi connectivity index (χ1) is 13.4. The average molecular weight is 380 g/mol. The molecule has 0 amide bonds. The fraction of sp³-hybridized carbons (Fsp3) is 0.0952. The van der Waals surface area contributed by atoms with E-state index >= 15 is 0 Å². The Morgan fingerprint density at radius 2 is 1.57 bits per heavy atom. The van der Waals surface area contributed by atoms with Gasteiger partial charge in [-0.2, -0.15) is 13.2 Å². The van der Waals surface area contributed by atoms with E-state index in [1.165, 1.54) is 12.1 Å². The van der Waals surface area contributed by atoms with E-state index in [0.29, 0.717) is 12.1 Å². The number of hydrogen-bond acceptors (Lipinski definition) is 2. The molecule has 0 aliphatic carbocycles. The molecule has 28 heavy (non-hydrogen) atoms. The third-order valence-corrected chi connectivity index (χ3v) is 4.78. The number of para-hydroxylation sites is 1. The van der Waals surface area contributed by atoms with Crippen molar-refractivity contribution >= 4 is 27.6 Å². The van der Waals surface area contributed by atoms with Gasteiger partial charge in [-0.15, -0.1) is 5.11 Å². The van der Waals surface area contributed by atoms with Gasteiger partial charge in [0.2, 0.25) is 0 Å². The van der Waals surface area contributed by atoms with Gasteiger partial charge < -0.3 is 4.57 Å². The van der Waals surface area contributed by atoms with E-state index in [1.54, 1.807) is 6.07 Å². The van der Waals surface area contributed by atoms with Gasteiger partial charge in [-0.25, -0.2) is 5.53 Å². The number of benzene rings is 3. The largest absolute Gasteiger partial charge is 0.416 e. The molecule has 3 aromatic carbocycles. The first-order valence-corrected chi connectivity index (χ1v) is 8.52. The third-order valence-electron chi connectivity index (χ3n) is 4.78. The fourth-order valence-corrected chi connectivity index (χ4v) is 3.42. The van der Waals surface area contributed by atoms with Crippen LogP contribution in [0.3, 0.4) is 0 Å². The molecule has 140 valence electrons. The maximum Gasteiger partial charge on any atom is 0.416 e. The summed E-state index contributed by atoms with van der Waals surface area (Å²) in [5, 5.41) is 12.8. The number of alkyl halides is 3. The fourth-order valence-electron chi connectivity index (χ4n) is 3.42. The summed E-state index contributed by atoms with van der Waals surface area (Å²) in [4.78, 5) is 0. The van der Waals surface area contributed by atoms with E-state index < -0.39 is 11.7 Å². The van der Waals surface area contributed by atoms with Crippen molar-refractivity contribution in [2.75, 3.05) is 0 Å². The Kier molecular flexibility index (Phi) is 4.22. The molecule has 0 bridgehead atoms. The minimum absolute atomic E-state index is 0.124. The van der Waals surface area contributed by atoms with E-state index in [2.05, 4.69) is 5.11 Å². The molecule has 0 radical (unpaired) electrons. The van der Waals surface area contributed by atoms with Crippen LogP contribution in [0, 0.1) is 10.9 Å². The molecule has 2 N–H and O–H groups in total. The van der Waals surface area contributed by atoms with Crippen LogP contribution in [-0.4, -0.2) is 10.4 Å². The van der Waals surface area contributed by atoms with E-state index in [1.807, 2.05) is 41.0 Å². The number of aromatic nitrogens is 1. The minimum atomic E-state index is -4.35. The van der Waals surface area contributed by atoms with Crippen molar-refractivity contribution in [3.63, 3.8) is 0 Å². The molecular formula is C21H15F3N4. The second-order valence-corrected chi connectivity index (χ2v) is 6.49. The highest BCUT2D eigenvalue weighted by Crippen LogP contribution is 2.32. The van der Waals surface area contributed by atoms with Gasteiger partial charge in [0.05, 0.1) is 5.56 Å². The number of halogens is 3. The Bertz CT molecular complexity index is 1200. The van der Waals surface area contributed by atoms with Crippen LogP contribution in [0.5, 0.6) is 0 Å². The molecule has 1 aromatic heterocycles. The van der Waals surface area contributed by atoms with Crippen LogP contribution in [0.4, 0.5) is 13.2 Å². The summed E-state index contributed by atoms with van der Waals surface area (Å²) in [6, 6.07) is 18.3. The van der Waals surface area contributed by atoms with E-state index in [-0.39, 0.29) is 5.84 Å². The summed E-state index contributed by atoms with van der Waals surface area (Å²) < 4.78 is 40.4. The van der Waals surface area contributed by atoms with Crippen LogP contribution >= 0.6 is 0 Å². The molecule has 4 rings (SSSR count). The van der Waals surface area contributed by atoms with Crippen LogP contribution in [0.25, 0.3) is 21.8 Å². The number of fused-ring (bicyclic) bond motifs is 3. The number of nitrogens with zero attached hydrogens (tertiary/aromatic N) is 2.